The second-order valence-electron chi connectivity index (χ2n) is 5.38. The summed E-state index contributed by atoms with van der Waals surface area (Å²) in [5.74, 6) is -1.40. The number of rotatable bonds is 3. The number of nitrogens with one attached hydrogen (secondary N) is 2. The lowest BCUT2D eigenvalue weighted by Crippen LogP contribution is -2.49. The maximum absolute atomic E-state index is 12.3. The fraction of sp³-hybridized carbons (Fsp3) is 0.357. The molecule has 0 saturated carbocycles. The molecule has 1 aromatic heterocycles. The summed E-state index contributed by atoms with van der Waals surface area (Å²) in [4.78, 5) is 23.7. The first-order chi connectivity index (χ1) is 10.0. The first-order valence-corrected chi connectivity index (χ1v) is 6.57. The van der Waals surface area contributed by atoms with Crippen molar-refractivity contribution in [3.63, 3.8) is 0 Å². The van der Waals surface area contributed by atoms with E-state index in [2.05, 4.69) is 15.5 Å². The molecule has 1 amide bonds. The summed E-state index contributed by atoms with van der Waals surface area (Å²) < 4.78 is 5.22. The third-order valence-electron chi connectivity index (χ3n) is 3.93. The summed E-state index contributed by atoms with van der Waals surface area (Å²) in [6, 6.07) is 6.68. The average molecular weight is 289 g/mol. The smallest absolute Gasteiger partial charge is 0.313 e. The van der Waals surface area contributed by atoms with Crippen LogP contribution < -0.4 is 5.32 Å². The van der Waals surface area contributed by atoms with Gasteiger partial charge in [-0.1, -0.05) is 18.2 Å². The van der Waals surface area contributed by atoms with Crippen molar-refractivity contribution in [3.8, 4) is 0 Å². The molecule has 21 heavy (non-hydrogen) atoms. The Balaban J connectivity index is 1.85. The van der Waals surface area contributed by atoms with Crippen LogP contribution in [0.25, 0.3) is 10.9 Å². The van der Waals surface area contributed by atoms with E-state index in [1.807, 2.05) is 18.2 Å². The van der Waals surface area contributed by atoms with Gasteiger partial charge >= 0.3 is 5.97 Å². The van der Waals surface area contributed by atoms with Gasteiger partial charge in [0.2, 0.25) is 0 Å². The molecular formula is C14H15N3O4. The maximum atomic E-state index is 12.3. The van der Waals surface area contributed by atoms with Crippen molar-refractivity contribution < 1.29 is 19.4 Å². The number of hydrogen-bond acceptors (Lipinski definition) is 4. The number of benzene rings is 1. The number of carbonyl (C=O) groups is 2. The Hall–Kier alpha value is -2.41. The minimum Gasteiger partial charge on any atom is -0.481 e. The zero-order valence-electron chi connectivity index (χ0n) is 11.4. The molecule has 7 nitrogen and oxygen atoms in total. The van der Waals surface area contributed by atoms with Gasteiger partial charge < -0.3 is 15.2 Å². The Morgan fingerprint density at radius 2 is 2.24 bits per heavy atom. The van der Waals surface area contributed by atoms with E-state index in [0.29, 0.717) is 5.39 Å². The number of H-pyrrole nitrogens is 1. The van der Waals surface area contributed by atoms with Crippen molar-refractivity contribution in [2.45, 2.75) is 13.0 Å². The lowest BCUT2D eigenvalue weighted by atomic mass is 9.85. The largest absolute Gasteiger partial charge is 0.481 e. The van der Waals surface area contributed by atoms with Crippen molar-refractivity contribution in [2.24, 2.45) is 5.41 Å². The number of hydrogen-bond donors (Lipinski definition) is 3. The summed E-state index contributed by atoms with van der Waals surface area (Å²) in [6.45, 7) is 1.82. The molecule has 2 atom stereocenters. The maximum Gasteiger partial charge on any atom is 0.313 e. The topological polar surface area (TPSA) is 104 Å². The van der Waals surface area contributed by atoms with Crippen molar-refractivity contribution in [2.75, 3.05) is 13.2 Å². The number of amides is 1. The number of aromatic nitrogens is 2. The second kappa shape index (κ2) is 4.85. The van der Waals surface area contributed by atoms with Gasteiger partial charge in [-0.25, -0.2) is 0 Å². The molecule has 1 aliphatic heterocycles. The highest BCUT2D eigenvalue weighted by Gasteiger charge is 2.47. The molecule has 3 N–H and O–H groups in total. The van der Waals surface area contributed by atoms with Crippen molar-refractivity contribution in [1.29, 1.82) is 0 Å². The molecule has 2 aromatic rings. The Kier molecular flexibility index (Phi) is 3.13. The first-order valence-electron chi connectivity index (χ1n) is 6.57. The molecule has 0 spiro atoms. The molecule has 0 radical (unpaired) electrons. The third kappa shape index (κ3) is 2.15. The van der Waals surface area contributed by atoms with Gasteiger partial charge in [0.15, 0.2) is 5.69 Å². The monoisotopic (exact) mass is 289 g/mol. The van der Waals surface area contributed by atoms with E-state index >= 15 is 0 Å². The molecule has 7 heteroatoms. The second-order valence-corrected chi connectivity index (χ2v) is 5.38. The molecule has 2 heterocycles. The Bertz CT molecular complexity index is 711. The summed E-state index contributed by atoms with van der Waals surface area (Å²) in [5.41, 5.74) is -0.113. The van der Waals surface area contributed by atoms with E-state index < -0.39 is 23.3 Å². The Morgan fingerprint density at radius 1 is 1.48 bits per heavy atom. The third-order valence-corrected chi connectivity index (χ3v) is 3.93. The van der Waals surface area contributed by atoms with Gasteiger partial charge in [0.05, 0.1) is 24.8 Å². The minimum atomic E-state index is -1.12. The number of para-hydroxylation sites is 1. The van der Waals surface area contributed by atoms with Crippen LogP contribution in [0.15, 0.2) is 24.3 Å². The minimum absolute atomic E-state index is 0.0780. The number of aromatic amines is 1. The fourth-order valence-electron chi connectivity index (χ4n) is 2.45. The quantitative estimate of drug-likeness (QED) is 0.774. The molecule has 3 rings (SSSR count). The zero-order valence-corrected chi connectivity index (χ0v) is 11.4. The summed E-state index contributed by atoms with van der Waals surface area (Å²) in [5, 5.41) is 19.5. The molecule has 1 aromatic carbocycles. The molecule has 1 fully saturated rings. The van der Waals surface area contributed by atoms with Crippen LogP contribution in [0.5, 0.6) is 0 Å². The van der Waals surface area contributed by atoms with Gasteiger partial charge in [-0.15, -0.1) is 0 Å². The molecule has 0 bridgehead atoms. The van der Waals surface area contributed by atoms with Crippen LogP contribution in [0.3, 0.4) is 0 Å². The van der Waals surface area contributed by atoms with Crippen LogP contribution in [0.1, 0.15) is 17.4 Å². The number of aliphatic carboxylic acids is 1. The number of nitrogens with zero attached hydrogens (tertiary/aromatic N) is 1. The van der Waals surface area contributed by atoms with Gasteiger partial charge in [0.1, 0.15) is 5.41 Å². The van der Waals surface area contributed by atoms with Crippen molar-refractivity contribution in [3.05, 3.63) is 30.0 Å². The number of carbonyl (C=O) groups excluding carboxylic acids is 1. The van der Waals surface area contributed by atoms with Gasteiger partial charge in [0, 0.05) is 5.39 Å². The van der Waals surface area contributed by atoms with E-state index in [4.69, 9.17) is 4.74 Å². The van der Waals surface area contributed by atoms with E-state index in [9.17, 15) is 14.7 Å². The van der Waals surface area contributed by atoms with Crippen LogP contribution in [0.4, 0.5) is 0 Å². The molecule has 2 unspecified atom stereocenters. The fourth-order valence-corrected chi connectivity index (χ4v) is 2.45. The predicted octanol–water partition coefficient (Wildman–Crippen LogP) is 0.782. The van der Waals surface area contributed by atoms with Gasteiger partial charge in [-0.2, -0.15) is 5.10 Å². The van der Waals surface area contributed by atoms with Crippen molar-refractivity contribution >= 4 is 22.8 Å². The average Bonchev–Trinajstić information content (AvgIpc) is 3.04. The standard InChI is InChI=1S/C14H15N3O4/c1-14(13(19)20)7-21-6-10(14)15-12(18)11-8-4-2-3-5-9(8)16-17-11/h2-5,10H,6-7H2,1H3,(H,15,18)(H,16,17)(H,19,20). The zero-order chi connectivity index (χ0) is 15.0. The first kappa shape index (κ1) is 13.6. The molecule has 1 aliphatic rings. The van der Waals surface area contributed by atoms with Gasteiger partial charge in [0.25, 0.3) is 5.91 Å². The Morgan fingerprint density at radius 3 is 3.00 bits per heavy atom. The van der Waals surface area contributed by atoms with Crippen molar-refractivity contribution in [1.82, 2.24) is 15.5 Å². The van der Waals surface area contributed by atoms with E-state index in [-0.39, 0.29) is 18.9 Å². The summed E-state index contributed by atoms with van der Waals surface area (Å²) in [6.07, 6.45) is 0. The Labute approximate surface area is 120 Å². The van der Waals surface area contributed by atoms with Gasteiger partial charge in [-0.3, -0.25) is 14.7 Å². The predicted molar refractivity (Wildman–Crippen MR) is 73.9 cm³/mol. The van der Waals surface area contributed by atoms with Gasteiger partial charge in [-0.05, 0) is 13.0 Å². The summed E-state index contributed by atoms with van der Waals surface area (Å²) in [7, 11) is 0. The van der Waals surface area contributed by atoms with Crippen LogP contribution in [-0.2, 0) is 9.53 Å². The van der Waals surface area contributed by atoms with E-state index in [1.165, 1.54) is 0 Å². The SMILES string of the molecule is CC1(C(=O)O)COCC1NC(=O)c1n[nH]c2ccccc12. The molecule has 0 aliphatic carbocycles. The molecule has 1 saturated heterocycles. The number of carboxylic acid groups (broad SMARTS) is 1. The highest BCUT2D eigenvalue weighted by atomic mass is 16.5. The van der Waals surface area contributed by atoms with E-state index in [0.717, 1.165) is 5.52 Å². The highest BCUT2D eigenvalue weighted by molar-refractivity contribution is 6.04. The molecular weight excluding hydrogens is 274 g/mol. The van der Waals surface area contributed by atoms with Crippen LogP contribution in [0.2, 0.25) is 0 Å². The lowest BCUT2D eigenvalue weighted by Gasteiger charge is -2.25. The lowest BCUT2D eigenvalue weighted by molar-refractivity contribution is -0.148. The normalized spacial score (nSPS) is 25.1. The van der Waals surface area contributed by atoms with Crippen LogP contribution in [-0.4, -0.2) is 46.4 Å². The molecule has 110 valence electrons. The highest BCUT2D eigenvalue weighted by Crippen LogP contribution is 2.29. The number of fused-ring (bicyclic) bond motifs is 1. The number of ether oxygens (including phenoxy) is 1. The summed E-state index contributed by atoms with van der Waals surface area (Å²) >= 11 is 0. The van der Waals surface area contributed by atoms with E-state index in [1.54, 1.807) is 13.0 Å². The number of carboxylic acids is 1. The van der Waals surface area contributed by atoms with Crippen LogP contribution >= 0.6 is 0 Å². The van der Waals surface area contributed by atoms with Crippen LogP contribution in [0, 0.1) is 5.41 Å².